The first-order valence-electron chi connectivity index (χ1n) is 7.62. The Labute approximate surface area is 121 Å². The Morgan fingerprint density at radius 2 is 1.90 bits per heavy atom. The molecule has 0 aromatic heterocycles. The summed E-state index contributed by atoms with van der Waals surface area (Å²) in [7, 11) is 0. The van der Waals surface area contributed by atoms with Crippen LogP contribution >= 0.6 is 0 Å². The van der Waals surface area contributed by atoms with E-state index in [2.05, 4.69) is 26.0 Å². The normalized spacial score (nSPS) is 16.6. The summed E-state index contributed by atoms with van der Waals surface area (Å²) in [6, 6.07) is 10.2. The largest absolute Gasteiger partial charge is 0.375 e. The summed E-state index contributed by atoms with van der Waals surface area (Å²) in [4.78, 5) is 14.2. The predicted octanol–water partition coefficient (Wildman–Crippen LogP) is 3.04. The lowest BCUT2D eigenvalue weighted by atomic mass is 10.1. The maximum atomic E-state index is 12.2. The third-order valence-corrected chi connectivity index (χ3v) is 3.73. The van der Waals surface area contributed by atoms with Crippen LogP contribution in [0, 0.1) is 0 Å². The van der Waals surface area contributed by atoms with Crippen LogP contribution in [0.15, 0.2) is 30.3 Å². The van der Waals surface area contributed by atoms with E-state index in [1.54, 1.807) is 0 Å². The maximum Gasteiger partial charge on any atom is 0.222 e. The fourth-order valence-electron chi connectivity index (χ4n) is 2.68. The third kappa shape index (κ3) is 4.64. The number of hydrogen-bond donors (Lipinski definition) is 0. The highest BCUT2D eigenvalue weighted by molar-refractivity contribution is 5.76. The van der Waals surface area contributed by atoms with Gasteiger partial charge in [-0.3, -0.25) is 4.79 Å². The van der Waals surface area contributed by atoms with Crippen LogP contribution in [0.1, 0.15) is 38.7 Å². The number of rotatable bonds is 5. The van der Waals surface area contributed by atoms with Gasteiger partial charge in [-0.15, -0.1) is 0 Å². The van der Waals surface area contributed by atoms with Crippen LogP contribution in [0.5, 0.6) is 0 Å². The summed E-state index contributed by atoms with van der Waals surface area (Å²) in [6.07, 6.45) is 3.99. The third-order valence-electron chi connectivity index (χ3n) is 3.73. The van der Waals surface area contributed by atoms with E-state index in [9.17, 15) is 4.79 Å². The van der Waals surface area contributed by atoms with Crippen LogP contribution in [0.3, 0.4) is 0 Å². The van der Waals surface area contributed by atoms with E-state index < -0.39 is 0 Å². The van der Waals surface area contributed by atoms with Gasteiger partial charge in [0.15, 0.2) is 0 Å². The second-order valence-electron chi connectivity index (χ2n) is 5.75. The molecule has 1 fully saturated rings. The fourth-order valence-corrected chi connectivity index (χ4v) is 2.68. The minimum atomic E-state index is 0.275. The maximum absolute atomic E-state index is 12.2. The molecule has 0 spiro atoms. The number of carbonyl (C=O) groups excluding carboxylic acids is 1. The lowest BCUT2D eigenvalue weighted by Crippen LogP contribution is -2.41. The lowest BCUT2D eigenvalue weighted by molar-refractivity contribution is -0.134. The smallest absolute Gasteiger partial charge is 0.222 e. The van der Waals surface area contributed by atoms with E-state index in [1.165, 1.54) is 5.56 Å². The number of nitrogens with zero attached hydrogens (tertiary/aromatic N) is 1. The molecule has 1 aromatic rings. The van der Waals surface area contributed by atoms with Gasteiger partial charge in [-0.25, -0.2) is 0 Å². The summed E-state index contributed by atoms with van der Waals surface area (Å²) < 4.78 is 5.81. The highest BCUT2D eigenvalue weighted by atomic mass is 16.5. The number of amides is 1. The van der Waals surface area contributed by atoms with Crippen molar-refractivity contribution in [3.8, 4) is 0 Å². The van der Waals surface area contributed by atoms with E-state index in [4.69, 9.17) is 4.74 Å². The number of benzene rings is 1. The van der Waals surface area contributed by atoms with E-state index in [1.807, 2.05) is 23.1 Å². The molecule has 0 aliphatic carbocycles. The van der Waals surface area contributed by atoms with Gasteiger partial charge in [-0.1, -0.05) is 30.3 Å². The molecule has 20 heavy (non-hydrogen) atoms. The molecule has 0 saturated carbocycles. The van der Waals surface area contributed by atoms with Gasteiger partial charge in [-0.2, -0.15) is 0 Å². The molecule has 3 nitrogen and oxygen atoms in total. The zero-order valence-electron chi connectivity index (χ0n) is 12.5. The summed E-state index contributed by atoms with van der Waals surface area (Å²) in [5, 5.41) is 0. The predicted molar refractivity (Wildman–Crippen MR) is 80.6 cm³/mol. The van der Waals surface area contributed by atoms with Crippen LogP contribution < -0.4 is 0 Å². The zero-order valence-corrected chi connectivity index (χ0v) is 12.5. The van der Waals surface area contributed by atoms with Gasteiger partial charge in [-0.05, 0) is 38.7 Å². The Morgan fingerprint density at radius 3 is 2.50 bits per heavy atom. The number of piperidine rings is 1. The first-order valence-corrected chi connectivity index (χ1v) is 7.62. The van der Waals surface area contributed by atoms with Crippen molar-refractivity contribution in [1.82, 2.24) is 4.90 Å². The molecule has 2 rings (SSSR count). The molecule has 0 bridgehead atoms. The molecule has 0 unspecified atom stereocenters. The second-order valence-corrected chi connectivity index (χ2v) is 5.75. The molecule has 0 radical (unpaired) electrons. The van der Waals surface area contributed by atoms with Gasteiger partial charge >= 0.3 is 0 Å². The highest BCUT2D eigenvalue weighted by Gasteiger charge is 2.23. The molecule has 110 valence electrons. The minimum absolute atomic E-state index is 0.275. The quantitative estimate of drug-likeness (QED) is 0.826. The summed E-state index contributed by atoms with van der Waals surface area (Å²) >= 11 is 0. The Kier molecular flexibility index (Phi) is 5.60. The van der Waals surface area contributed by atoms with Crippen LogP contribution in [0.25, 0.3) is 0 Å². The summed E-state index contributed by atoms with van der Waals surface area (Å²) in [6.45, 7) is 5.81. The molecule has 1 amide bonds. The molecule has 1 saturated heterocycles. The van der Waals surface area contributed by atoms with Crippen molar-refractivity contribution < 1.29 is 9.53 Å². The van der Waals surface area contributed by atoms with Gasteiger partial charge in [0, 0.05) is 19.5 Å². The first-order chi connectivity index (χ1) is 9.65. The first kappa shape index (κ1) is 15.0. The number of ether oxygens (including phenoxy) is 1. The fraction of sp³-hybridized carbons (Fsp3) is 0.588. The zero-order chi connectivity index (χ0) is 14.4. The van der Waals surface area contributed by atoms with Gasteiger partial charge in [0.2, 0.25) is 5.91 Å². The van der Waals surface area contributed by atoms with Gasteiger partial charge in [0.25, 0.3) is 0 Å². The standard InChI is InChI=1S/C17H25NO2/c1-14(2)20-16-10-12-18(13-11-16)17(19)9-8-15-6-4-3-5-7-15/h3-7,14,16H,8-13H2,1-2H3. The van der Waals surface area contributed by atoms with Gasteiger partial charge in [0.05, 0.1) is 12.2 Å². The average molecular weight is 275 g/mol. The van der Waals surface area contributed by atoms with E-state index in [0.29, 0.717) is 12.5 Å². The molecular formula is C17H25NO2. The molecule has 0 N–H and O–H groups in total. The second kappa shape index (κ2) is 7.44. The monoisotopic (exact) mass is 275 g/mol. The van der Waals surface area contributed by atoms with E-state index in [0.717, 1.165) is 32.4 Å². The molecule has 1 aliphatic rings. The van der Waals surface area contributed by atoms with Gasteiger partial charge < -0.3 is 9.64 Å². The lowest BCUT2D eigenvalue weighted by Gasteiger charge is -2.33. The number of hydrogen-bond acceptors (Lipinski definition) is 2. The topological polar surface area (TPSA) is 29.5 Å². The Morgan fingerprint density at radius 1 is 1.25 bits per heavy atom. The molecular weight excluding hydrogens is 250 g/mol. The molecule has 1 aromatic carbocycles. The van der Waals surface area contributed by atoms with Crippen LogP contribution in [-0.4, -0.2) is 36.1 Å². The average Bonchev–Trinajstić information content (AvgIpc) is 2.46. The van der Waals surface area contributed by atoms with Crippen molar-refractivity contribution in [2.75, 3.05) is 13.1 Å². The van der Waals surface area contributed by atoms with Crippen LogP contribution in [0.4, 0.5) is 0 Å². The van der Waals surface area contributed by atoms with E-state index >= 15 is 0 Å². The van der Waals surface area contributed by atoms with Crippen molar-refractivity contribution in [1.29, 1.82) is 0 Å². The van der Waals surface area contributed by atoms with E-state index in [-0.39, 0.29) is 12.0 Å². The van der Waals surface area contributed by atoms with Crippen molar-refractivity contribution in [3.63, 3.8) is 0 Å². The van der Waals surface area contributed by atoms with Crippen molar-refractivity contribution in [2.24, 2.45) is 0 Å². The number of carbonyl (C=O) groups is 1. The summed E-state index contributed by atoms with van der Waals surface area (Å²) in [5.74, 6) is 0.275. The molecule has 1 heterocycles. The van der Waals surface area contributed by atoms with Crippen molar-refractivity contribution in [3.05, 3.63) is 35.9 Å². The van der Waals surface area contributed by atoms with Crippen molar-refractivity contribution >= 4 is 5.91 Å². The number of aryl methyl sites for hydroxylation is 1. The number of likely N-dealkylation sites (tertiary alicyclic amines) is 1. The molecule has 0 atom stereocenters. The SMILES string of the molecule is CC(C)OC1CCN(C(=O)CCc2ccccc2)CC1. The molecule has 1 aliphatic heterocycles. The minimum Gasteiger partial charge on any atom is -0.375 e. The van der Waals surface area contributed by atoms with Gasteiger partial charge in [0.1, 0.15) is 0 Å². The Balaban J connectivity index is 1.72. The van der Waals surface area contributed by atoms with Crippen LogP contribution in [-0.2, 0) is 16.0 Å². The summed E-state index contributed by atoms with van der Waals surface area (Å²) in [5.41, 5.74) is 1.24. The van der Waals surface area contributed by atoms with Crippen molar-refractivity contribution in [2.45, 2.75) is 51.7 Å². The Hall–Kier alpha value is -1.35. The highest BCUT2D eigenvalue weighted by Crippen LogP contribution is 2.16. The van der Waals surface area contributed by atoms with Crippen LogP contribution in [0.2, 0.25) is 0 Å². The molecule has 3 heteroatoms. The Bertz CT molecular complexity index is 408.